The molecule has 31 heavy (non-hydrogen) atoms. The van der Waals surface area contributed by atoms with Gasteiger partial charge in [0, 0.05) is 5.69 Å². The third kappa shape index (κ3) is 5.64. The molecule has 1 amide bonds. The van der Waals surface area contributed by atoms with Gasteiger partial charge in [-0.25, -0.2) is 8.42 Å². The molecule has 0 unspecified atom stereocenters. The summed E-state index contributed by atoms with van der Waals surface area (Å²) >= 11 is 0. The van der Waals surface area contributed by atoms with Crippen LogP contribution < -0.4 is 14.8 Å². The topological polar surface area (TPSA) is 84.5 Å². The lowest BCUT2D eigenvalue weighted by molar-refractivity contribution is -0.122. The second kappa shape index (κ2) is 9.66. The van der Waals surface area contributed by atoms with Crippen molar-refractivity contribution in [1.82, 2.24) is 0 Å². The first-order valence-electron chi connectivity index (χ1n) is 10.0. The Labute approximate surface area is 183 Å². The number of hydrogen-bond donors (Lipinski definition) is 2. The summed E-state index contributed by atoms with van der Waals surface area (Å²) < 4.78 is 33.8. The van der Waals surface area contributed by atoms with Crippen LogP contribution in [0.4, 0.5) is 11.4 Å². The summed E-state index contributed by atoms with van der Waals surface area (Å²) in [6, 6.07) is 20.7. The van der Waals surface area contributed by atoms with E-state index in [1.807, 2.05) is 57.2 Å². The van der Waals surface area contributed by atoms with Gasteiger partial charge in [0.2, 0.25) is 0 Å². The summed E-state index contributed by atoms with van der Waals surface area (Å²) in [7, 11) is -3.73. The molecular weight excluding hydrogens is 412 g/mol. The molecule has 0 radical (unpaired) electrons. The van der Waals surface area contributed by atoms with Gasteiger partial charge in [-0.15, -0.1) is 0 Å². The Morgan fingerprint density at radius 2 is 1.52 bits per heavy atom. The summed E-state index contributed by atoms with van der Waals surface area (Å²) in [5.41, 5.74) is 2.80. The molecule has 3 rings (SSSR count). The summed E-state index contributed by atoms with van der Waals surface area (Å²) in [6.07, 6.45) is -0.167. The minimum atomic E-state index is -3.73. The largest absolute Gasteiger partial charge is 0.480 e. The van der Waals surface area contributed by atoms with Crippen molar-refractivity contribution in [3.8, 4) is 5.75 Å². The van der Waals surface area contributed by atoms with E-state index in [9.17, 15) is 13.2 Å². The van der Waals surface area contributed by atoms with E-state index in [1.165, 1.54) is 12.1 Å². The number of sulfonamides is 1. The Morgan fingerprint density at radius 1 is 0.903 bits per heavy atom. The maximum Gasteiger partial charge on any atom is 0.265 e. The fraction of sp³-hybridized carbons (Fsp3) is 0.208. The zero-order valence-electron chi connectivity index (χ0n) is 17.8. The summed E-state index contributed by atoms with van der Waals surface area (Å²) in [5, 5.41) is 2.79. The zero-order chi connectivity index (χ0) is 22.4. The molecule has 7 heteroatoms. The molecule has 0 saturated heterocycles. The Hall–Kier alpha value is -3.32. The number of rotatable bonds is 8. The molecule has 1 atom stereocenters. The zero-order valence-corrected chi connectivity index (χ0v) is 18.6. The number of ether oxygens (including phenoxy) is 1. The van der Waals surface area contributed by atoms with Crippen LogP contribution in [-0.2, 0) is 14.8 Å². The van der Waals surface area contributed by atoms with Crippen LogP contribution in [0.2, 0.25) is 0 Å². The van der Waals surface area contributed by atoms with Gasteiger partial charge in [-0.1, -0.05) is 43.3 Å². The fourth-order valence-corrected chi connectivity index (χ4v) is 4.13. The lowest BCUT2D eigenvalue weighted by atomic mass is 10.2. The molecule has 3 aromatic rings. The summed E-state index contributed by atoms with van der Waals surface area (Å²) in [5.74, 6) is 0.368. The molecule has 0 aliphatic heterocycles. The standard InChI is InChI=1S/C24H26N2O4S/c1-4-22(30-23-12-8-6-10-18(23)3)24(27)25-19-13-15-20(16-14-19)31(28,29)26-21-11-7-5-9-17(21)2/h5-16,22,26H,4H2,1-3H3,(H,25,27)/t22-/m1/s1. The Kier molecular flexibility index (Phi) is 6.97. The number of benzene rings is 3. The van der Waals surface area contributed by atoms with Crippen LogP contribution in [0.5, 0.6) is 5.75 Å². The number of hydrogen-bond acceptors (Lipinski definition) is 4. The molecule has 0 aromatic heterocycles. The molecule has 0 heterocycles. The van der Waals surface area contributed by atoms with Crippen LogP contribution in [-0.4, -0.2) is 20.4 Å². The average Bonchev–Trinajstić information content (AvgIpc) is 2.75. The highest BCUT2D eigenvalue weighted by atomic mass is 32.2. The normalized spacial score (nSPS) is 12.1. The molecule has 0 aliphatic rings. The van der Waals surface area contributed by atoms with Crippen molar-refractivity contribution >= 4 is 27.3 Å². The molecule has 2 N–H and O–H groups in total. The third-order valence-electron chi connectivity index (χ3n) is 4.85. The van der Waals surface area contributed by atoms with Crippen molar-refractivity contribution < 1.29 is 17.9 Å². The smallest absolute Gasteiger partial charge is 0.265 e. The van der Waals surface area contributed by atoms with Crippen LogP contribution in [0, 0.1) is 13.8 Å². The van der Waals surface area contributed by atoms with E-state index in [-0.39, 0.29) is 10.8 Å². The van der Waals surface area contributed by atoms with Gasteiger partial charge in [0.05, 0.1) is 10.6 Å². The minimum absolute atomic E-state index is 0.108. The summed E-state index contributed by atoms with van der Waals surface area (Å²) in [6.45, 7) is 5.62. The lowest BCUT2D eigenvalue weighted by Crippen LogP contribution is -2.32. The molecule has 162 valence electrons. The first kappa shape index (κ1) is 22.4. The van der Waals surface area contributed by atoms with E-state index in [1.54, 1.807) is 24.3 Å². The van der Waals surface area contributed by atoms with Crippen LogP contribution in [0.3, 0.4) is 0 Å². The Balaban J connectivity index is 1.68. The number of nitrogens with one attached hydrogen (secondary N) is 2. The van der Waals surface area contributed by atoms with E-state index in [0.29, 0.717) is 23.5 Å². The first-order valence-corrected chi connectivity index (χ1v) is 11.5. The SMILES string of the molecule is CC[C@@H](Oc1ccccc1C)C(=O)Nc1ccc(S(=O)(=O)Nc2ccccc2C)cc1. The van der Waals surface area contributed by atoms with E-state index in [0.717, 1.165) is 11.1 Å². The van der Waals surface area contributed by atoms with Gasteiger partial charge in [0.15, 0.2) is 6.10 Å². The molecule has 0 saturated carbocycles. The van der Waals surface area contributed by atoms with Gasteiger partial charge in [-0.2, -0.15) is 0 Å². The van der Waals surface area contributed by atoms with Gasteiger partial charge >= 0.3 is 0 Å². The van der Waals surface area contributed by atoms with Crippen molar-refractivity contribution in [2.24, 2.45) is 0 Å². The number of para-hydroxylation sites is 2. The van der Waals surface area contributed by atoms with Crippen molar-refractivity contribution in [2.75, 3.05) is 10.0 Å². The van der Waals surface area contributed by atoms with Gasteiger partial charge in [-0.05, 0) is 67.8 Å². The monoisotopic (exact) mass is 438 g/mol. The fourth-order valence-electron chi connectivity index (χ4n) is 3.00. The van der Waals surface area contributed by atoms with E-state index >= 15 is 0 Å². The number of aryl methyl sites for hydroxylation is 2. The second-order valence-corrected chi connectivity index (χ2v) is 8.90. The van der Waals surface area contributed by atoms with Crippen LogP contribution in [0.1, 0.15) is 24.5 Å². The maximum absolute atomic E-state index is 12.7. The van der Waals surface area contributed by atoms with Crippen molar-refractivity contribution in [3.05, 3.63) is 83.9 Å². The predicted octanol–water partition coefficient (Wildman–Crippen LogP) is 4.90. The number of carbonyl (C=O) groups excluding carboxylic acids is 1. The lowest BCUT2D eigenvalue weighted by Gasteiger charge is -2.18. The van der Waals surface area contributed by atoms with Crippen molar-refractivity contribution in [2.45, 2.75) is 38.2 Å². The number of carbonyl (C=O) groups is 1. The molecule has 0 spiro atoms. The minimum Gasteiger partial charge on any atom is -0.480 e. The molecule has 3 aromatic carbocycles. The van der Waals surface area contributed by atoms with Gasteiger partial charge < -0.3 is 10.1 Å². The molecule has 6 nitrogen and oxygen atoms in total. The van der Waals surface area contributed by atoms with E-state index in [2.05, 4.69) is 10.0 Å². The van der Waals surface area contributed by atoms with Gasteiger partial charge in [-0.3, -0.25) is 9.52 Å². The quantitative estimate of drug-likeness (QED) is 0.524. The Bertz CT molecular complexity index is 1160. The second-order valence-electron chi connectivity index (χ2n) is 7.21. The number of amides is 1. The third-order valence-corrected chi connectivity index (χ3v) is 6.23. The first-order chi connectivity index (χ1) is 14.8. The molecule has 0 aliphatic carbocycles. The Morgan fingerprint density at radius 3 is 2.13 bits per heavy atom. The number of anilines is 2. The molecule has 0 bridgehead atoms. The highest BCUT2D eigenvalue weighted by molar-refractivity contribution is 7.92. The van der Waals surface area contributed by atoms with E-state index in [4.69, 9.17) is 4.74 Å². The highest BCUT2D eigenvalue weighted by Crippen LogP contribution is 2.22. The average molecular weight is 439 g/mol. The molecular formula is C24H26N2O4S. The molecule has 0 fully saturated rings. The highest BCUT2D eigenvalue weighted by Gasteiger charge is 2.20. The van der Waals surface area contributed by atoms with E-state index < -0.39 is 16.1 Å². The summed E-state index contributed by atoms with van der Waals surface area (Å²) in [4.78, 5) is 12.8. The van der Waals surface area contributed by atoms with Crippen LogP contribution in [0.15, 0.2) is 77.7 Å². The van der Waals surface area contributed by atoms with Gasteiger partial charge in [0.1, 0.15) is 5.75 Å². The van der Waals surface area contributed by atoms with Crippen LogP contribution in [0.25, 0.3) is 0 Å². The predicted molar refractivity (Wildman–Crippen MR) is 123 cm³/mol. The van der Waals surface area contributed by atoms with Crippen molar-refractivity contribution in [1.29, 1.82) is 0 Å². The van der Waals surface area contributed by atoms with Crippen molar-refractivity contribution in [3.63, 3.8) is 0 Å². The van der Waals surface area contributed by atoms with Crippen LogP contribution >= 0.6 is 0 Å². The maximum atomic E-state index is 12.7. The van der Waals surface area contributed by atoms with Gasteiger partial charge in [0.25, 0.3) is 15.9 Å².